The summed E-state index contributed by atoms with van der Waals surface area (Å²) in [5.74, 6) is -1.84. The van der Waals surface area contributed by atoms with Gasteiger partial charge in [0.1, 0.15) is 46.1 Å². The summed E-state index contributed by atoms with van der Waals surface area (Å²) in [7, 11) is 9.79. The van der Waals surface area contributed by atoms with Crippen LogP contribution in [0.5, 0.6) is 0 Å². The predicted molar refractivity (Wildman–Crippen MR) is 321 cm³/mol. The summed E-state index contributed by atoms with van der Waals surface area (Å²) in [6.07, 6.45) is 15.9. The Labute approximate surface area is 496 Å². The molecule has 11 aromatic rings. The lowest BCUT2D eigenvalue weighted by atomic mass is 10.1. The van der Waals surface area contributed by atoms with Crippen LogP contribution < -0.4 is 23.4 Å². The van der Waals surface area contributed by atoms with E-state index < -0.39 is 11.6 Å². The summed E-state index contributed by atoms with van der Waals surface area (Å²) in [5.41, 5.74) is 19.5. The van der Waals surface area contributed by atoms with Crippen LogP contribution in [0.4, 0.5) is 26.3 Å². The number of hydrogen-bond donors (Lipinski definition) is 0. The number of aromatic nitrogens is 10. The summed E-state index contributed by atoms with van der Waals surface area (Å²) in [4.78, 5) is 0. The minimum absolute atomic E-state index is 0.174. The highest BCUT2D eigenvalue weighted by Crippen LogP contribution is 2.25. The van der Waals surface area contributed by atoms with Crippen molar-refractivity contribution in [1.29, 1.82) is 0 Å². The van der Waals surface area contributed by atoms with Gasteiger partial charge in [0, 0.05) is 51.6 Å². The monoisotopic (exact) mass is 1160 g/mol. The second-order valence-corrected chi connectivity index (χ2v) is 22.0. The highest BCUT2D eigenvalue weighted by atomic mass is 19.1. The van der Waals surface area contributed by atoms with E-state index in [-0.39, 0.29) is 23.3 Å². The number of nitrogens with zero attached hydrogens (tertiary/aromatic N) is 10. The second-order valence-electron chi connectivity index (χ2n) is 22.0. The molecule has 0 atom stereocenters. The lowest BCUT2D eigenvalue weighted by molar-refractivity contribution is -0.744. The predicted octanol–water partition coefficient (Wildman–Crippen LogP) is 13.0. The van der Waals surface area contributed by atoms with Crippen molar-refractivity contribution in [1.82, 2.24) is 23.4 Å². The van der Waals surface area contributed by atoms with Gasteiger partial charge in [0.05, 0.1) is 49.6 Å². The molecule has 0 saturated heterocycles. The topological polar surface area (TPSA) is 44.0 Å². The van der Waals surface area contributed by atoms with Crippen LogP contribution in [-0.2, 0) is 35.2 Å². The average Bonchev–Trinajstić information content (AvgIpc) is 2.85. The summed E-state index contributed by atoms with van der Waals surface area (Å²) in [6.45, 7) is 25.4. The molecule has 0 saturated carbocycles. The van der Waals surface area contributed by atoms with Crippen LogP contribution in [0, 0.1) is 125 Å². The molecule has 11 rings (SSSR count). The quantitative estimate of drug-likeness (QED) is 0.118. The first kappa shape index (κ1) is 63.5. The van der Waals surface area contributed by atoms with Gasteiger partial charge < -0.3 is 0 Å². The maximum atomic E-state index is 14.1. The molecule has 0 spiro atoms. The Hall–Kier alpha value is -9.05. The number of hydrogen-bond acceptors (Lipinski definition) is 0. The minimum Gasteiger partial charge on any atom is -0.207 e. The number of rotatable bonds is 6. The zero-order valence-electron chi connectivity index (χ0n) is 52.2. The molecular formula is C69H79F6N10+5. The Morgan fingerprint density at radius 1 is 0.353 bits per heavy atom. The molecule has 0 fully saturated rings. The molecule has 16 heteroatoms. The van der Waals surface area contributed by atoms with Crippen molar-refractivity contribution in [2.24, 2.45) is 35.2 Å². The molecule has 6 aromatic carbocycles. The molecule has 5 heterocycles. The zero-order chi connectivity index (χ0) is 62.5. The van der Waals surface area contributed by atoms with Gasteiger partial charge in [0.15, 0.2) is 39.4 Å². The van der Waals surface area contributed by atoms with Crippen molar-refractivity contribution >= 4 is 0 Å². The van der Waals surface area contributed by atoms with Gasteiger partial charge in [0.25, 0.3) is 0 Å². The van der Waals surface area contributed by atoms with E-state index in [1.807, 2.05) is 218 Å². The van der Waals surface area contributed by atoms with Crippen LogP contribution in [0.2, 0.25) is 0 Å². The zero-order valence-corrected chi connectivity index (χ0v) is 52.2. The van der Waals surface area contributed by atoms with Gasteiger partial charge in [-0.3, -0.25) is 0 Å². The van der Waals surface area contributed by atoms with E-state index in [0.29, 0.717) is 11.3 Å². The van der Waals surface area contributed by atoms with Crippen LogP contribution in [0.25, 0.3) is 39.6 Å². The van der Waals surface area contributed by atoms with Crippen LogP contribution >= 0.6 is 0 Å². The van der Waals surface area contributed by atoms with E-state index >= 15 is 0 Å². The first-order chi connectivity index (χ1) is 40.1. The van der Waals surface area contributed by atoms with Crippen molar-refractivity contribution in [3.63, 3.8) is 0 Å². The molecule has 0 aliphatic carbocycles. The SMILES string of the molecule is Cc1cc(F)cc(C)c1-[n+]1cc(C)c(C)n1C.Cc1cc(F)cc(C)c1-[n+]1ccc(C)n1C.Cc1cc(F)cc(C)c1-n1ccc[n+]1C.Cc1cc(F)cc(F)c1-n1cc(-c2ccccc2)c[n+]1C.Cc1cn(-c2c(C)cc(F)cc2C)[n+](C)c1. The van der Waals surface area contributed by atoms with Crippen LogP contribution in [0.3, 0.4) is 0 Å². The van der Waals surface area contributed by atoms with Crippen molar-refractivity contribution in [2.75, 3.05) is 0 Å². The molecule has 0 radical (unpaired) electrons. The van der Waals surface area contributed by atoms with Crippen molar-refractivity contribution in [3.05, 3.63) is 260 Å². The fourth-order valence-corrected chi connectivity index (χ4v) is 10.9. The fraction of sp³-hybridized carbons (Fsp3) is 0.261. The number of aryl methyl sites for hydroxylation is 15. The van der Waals surface area contributed by atoms with E-state index in [2.05, 4.69) is 29.4 Å². The van der Waals surface area contributed by atoms with E-state index in [9.17, 15) is 26.3 Å². The Bertz CT molecular complexity index is 4020. The first-order valence-corrected chi connectivity index (χ1v) is 27.9. The lowest BCUT2D eigenvalue weighted by Gasteiger charge is -2.08. The van der Waals surface area contributed by atoms with Crippen LogP contribution in [0.15, 0.2) is 153 Å². The molecule has 0 N–H and O–H groups in total. The summed E-state index contributed by atoms with van der Waals surface area (Å²) in [6, 6.07) is 28.6. The van der Waals surface area contributed by atoms with Gasteiger partial charge in [0.2, 0.25) is 30.0 Å². The highest BCUT2D eigenvalue weighted by Gasteiger charge is 2.24. The summed E-state index contributed by atoms with van der Waals surface area (Å²) < 4.78 is 99.9. The third-order valence-corrected chi connectivity index (χ3v) is 15.1. The van der Waals surface area contributed by atoms with Gasteiger partial charge in [-0.05, 0) is 178 Å². The molecule has 5 aromatic heterocycles. The molecule has 442 valence electrons. The van der Waals surface area contributed by atoms with E-state index in [1.165, 1.54) is 28.6 Å². The van der Waals surface area contributed by atoms with E-state index in [0.717, 1.165) is 84.5 Å². The number of halogens is 6. The van der Waals surface area contributed by atoms with Crippen molar-refractivity contribution in [3.8, 4) is 39.6 Å². The molecule has 10 nitrogen and oxygen atoms in total. The highest BCUT2D eigenvalue weighted by molar-refractivity contribution is 5.61. The Morgan fingerprint density at radius 3 is 1.18 bits per heavy atom. The Balaban J connectivity index is 0.000000153. The summed E-state index contributed by atoms with van der Waals surface area (Å²) in [5, 5.41) is 0. The third kappa shape index (κ3) is 14.5. The van der Waals surface area contributed by atoms with Gasteiger partial charge in [-0.1, -0.05) is 39.7 Å². The van der Waals surface area contributed by atoms with Gasteiger partial charge in [-0.15, -0.1) is 28.1 Å². The largest absolute Gasteiger partial charge is 0.241 e. The van der Waals surface area contributed by atoms with Crippen molar-refractivity contribution < 1.29 is 49.8 Å². The van der Waals surface area contributed by atoms with Crippen LogP contribution in [0.1, 0.15) is 72.6 Å². The Morgan fingerprint density at radius 2 is 0.776 bits per heavy atom. The average molecular weight is 1160 g/mol. The Kier molecular flexibility index (Phi) is 19.9. The van der Waals surface area contributed by atoms with E-state index in [1.54, 1.807) is 64.8 Å². The fourth-order valence-electron chi connectivity index (χ4n) is 10.9. The summed E-state index contributed by atoms with van der Waals surface area (Å²) >= 11 is 0. The van der Waals surface area contributed by atoms with Crippen molar-refractivity contribution in [2.45, 2.75) is 90.0 Å². The maximum Gasteiger partial charge on any atom is 0.241 e. The molecule has 0 amide bonds. The molecule has 0 unspecified atom stereocenters. The molecular weight excluding hydrogens is 1080 g/mol. The van der Waals surface area contributed by atoms with Gasteiger partial charge >= 0.3 is 0 Å². The van der Waals surface area contributed by atoms with Crippen LogP contribution in [-0.4, -0.2) is 23.4 Å². The first-order valence-electron chi connectivity index (χ1n) is 27.9. The lowest BCUT2D eigenvalue weighted by Crippen LogP contribution is -2.40. The third-order valence-electron chi connectivity index (χ3n) is 15.1. The minimum atomic E-state index is -0.571. The molecule has 0 aliphatic heterocycles. The smallest absolute Gasteiger partial charge is 0.207 e. The normalized spacial score (nSPS) is 10.8. The number of benzene rings is 6. The van der Waals surface area contributed by atoms with Gasteiger partial charge in [-0.2, -0.15) is 9.36 Å². The maximum absolute atomic E-state index is 14.1. The second kappa shape index (κ2) is 26.7. The standard InChI is InChI=1S/C17H15F2N2.C14H18FN2.2C13H16FN2.C12H14FN2/c1-12-8-15(18)9-16(19)17(12)21-11-14(10-20(21)2)13-6-4-3-5-7-13;1-9-6-13(15)7-10(2)14(9)17-8-11(3)12(4)16(17)5;1-9-7-15(4)16(8-9)13-10(2)5-12(14)6-11(13)3;1-9-7-12(14)8-10(2)13(9)16-6-5-11(3)15(16)4;1-9-7-11(13)8-10(2)12(9)15-6-4-5-14(15)3/h3-11H,1-2H3;6-8H,1-5H3;2*5-8H,1-4H3;4-8H,1-3H3/q5*+1. The van der Waals surface area contributed by atoms with Gasteiger partial charge in [-0.25, -0.2) is 26.3 Å². The molecule has 0 bridgehead atoms. The van der Waals surface area contributed by atoms with E-state index in [4.69, 9.17) is 0 Å². The molecule has 0 aliphatic rings. The molecule has 85 heavy (non-hydrogen) atoms.